The Labute approximate surface area is 337 Å². The molecule has 1 aromatic heterocycles. The van der Waals surface area contributed by atoms with E-state index >= 15 is 4.39 Å². The van der Waals surface area contributed by atoms with Crippen molar-refractivity contribution in [3.8, 4) is 11.3 Å². The van der Waals surface area contributed by atoms with Crippen LogP contribution in [-0.4, -0.2) is 95.4 Å². The van der Waals surface area contributed by atoms with E-state index in [1.54, 1.807) is 23.1 Å². The monoisotopic (exact) mass is 797 g/mol. The maximum Gasteiger partial charge on any atom is 0.249 e. The second-order valence-electron chi connectivity index (χ2n) is 16.5. The Kier molecular flexibility index (Phi) is 12.1. The summed E-state index contributed by atoms with van der Waals surface area (Å²) in [7, 11) is 0. The minimum Gasteiger partial charge on any atom is -0.374 e. The van der Waals surface area contributed by atoms with E-state index in [-0.39, 0.29) is 59.6 Å². The summed E-state index contributed by atoms with van der Waals surface area (Å²) < 4.78 is 30.2. The van der Waals surface area contributed by atoms with Crippen molar-refractivity contribution >= 4 is 46.6 Å². The molecule has 13 nitrogen and oxygen atoms in total. The van der Waals surface area contributed by atoms with E-state index in [4.69, 9.17) is 0 Å². The lowest BCUT2D eigenvalue weighted by Gasteiger charge is -2.42. The number of carbonyl (C=O) groups excluding carboxylic acids is 4. The third kappa shape index (κ3) is 9.24. The summed E-state index contributed by atoms with van der Waals surface area (Å²) in [5.74, 6) is -0.936. The lowest BCUT2D eigenvalue weighted by Crippen LogP contribution is -2.52. The first-order valence-corrected chi connectivity index (χ1v) is 21.1. The Morgan fingerprint density at radius 3 is 2.29 bits per heavy atom. The molecule has 2 saturated carbocycles. The molecule has 8 rings (SSSR count). The number of hydrogen-bond donors (Lipinski definition) is 4. The van der Waals surface area contributed by atoms with Gasteiger partial charge in [0.15, 0.2) is 5.82 Å². The largest absolute Gasteiger partial charge is 0.374 e. The normalized spacial score (nSPS) is 25.9. The van der Waals surface area contributed by atoms with Gasteiger partial charge in [-0.15, -0.1) is 0 Å². The van der Waals surface area contributed by atoms with Gasteiger partial charge in [-0.3, -0.25) is 29.4 Å². The van der Waals surface area contributed by atoms with Crippen molar-refractivity contribution in [2.24, 2.45) is 5.92 Å². The molecule has 3 aliphatic heterocycles. The SMILES string of the molecule is O=C1CCC(Nc2ccc(N3CCN(C4CCC(C(=O)NC5CCC(Nc6ncc(F)c(-c7cccc(N8CCCCC8=O)c7)n6)CC5)CC4)CC3)c(F)c2)C(=O)N1. The number of imide groups is 1. The van der Waals surface area contributed by atoms with Gasteiger partial charge in [-0.1, -0.05) is 12.1 Å². The predicted molar refractivity (Wildman–Crippen MR) is 217 cm³/mol. The molecule has 0 bridgehead atoms. The van der Waals surface area contributed by atoms with Gasteiger partial charge in [-0.25, -0.2) is 18.7 Å². The first-order chi connectivity index (χ1) is 28.2. The number of piperidine rings is 2. The number of carbonyl (C=O) groups is 4. The average molecular weight is 798 g/mol. The van der Waals surface area contributed by atoms with Crippen LogP contribution in [0, 0.1) is 17.6 Å². The van der Waals surface area contributed by atoms with Crippen molar-refractivity contribution in [1.82, 2.24) is 25.5 Å². The van der Waals surface area contributed by atoms with Gasteiger partial charge in [-0.05, 0) is 101 Å². The van der Waals surface area contributed by atoms with Gasteiger partial charge in [0.25, 0.3) is 0 Å². The molecule has 2 aromatic carbocycles. The molecule has 4 amide bonds. The Morgan fingerprint density at radius 1 is 0.776 bits per heavy atom. The number of anilines is 4. The van der Waals surface area contributed by atoms with Crippen molar-refractivity contribution in [3.63, 3.8) is 0 Å². The fraction of sp³-hybridized carbons (Fsp3) is 0.535. The number of piperazine rings is 1. The van der Waals surface area contributed by atoms with E-state index in [1.165, 1.54) is 12.3 Å². The maximum absolute atomic E-state index is 15.2. The highest BCUT2D eigenvalue weighted by molar-refractivity contribution is 6.01. The number of aromatic nitrogens is 2. The minimum atomic E-state index is -0.562. The second-order valence-corrected chi connectivity index (χ2v) is 16.5. The Morgan fingerprint density at radius 2 is 1.55 bits per heavy atom. The van der Waals surface area contributed by atoms with E-state index < -0.39 is 11.9 Å². The van der Waals surface area contributed by atoms with Crippen LogP contribution in [0.1, 0.15) is 83.5 Å². The maximum atomic E-state index is 15.2. The molecule has 3 saturated heterocycles. The fourth-order valence-electron chi connectivity index (χ4n) is 9.34. The zero-order valence-electron chi connectivity index (χ0n) is 32.9. The smallest absolute Gasteiger partial charge is 0.249 e. The molecule has 4 N–H and O–H groups in total. The molecule has 4 heterocycles. The van der Waals surface area contributed by atoms with Crippen LogP contribution in [0.4, 0.5) is 31.8 Å². The van der Waals surface area contributed by atoms with E-state index in [0.29, 0.717) is 61.4 Å². The molecule has 0 spiro atoms. The van der Waals surface area contributed by atoms with Crippen LogP contribution in [0.25, 0.3) is 11.3 Å². The number of amides is 4. The summed E-state index contributed by atoms with van der Waals surface area (Å²) in [5, 5.41) is 12.1. The minimum absolute atomic E-state index is 0.00681. The van der Waals surface area contributed by atoms with Gasteiger partial charge in [-0.2, -0.15) is 0 Å². The van der Waals surface area contributed by atoms with E-state index in [2.05, 4.69) is 41.0 Å². The summed E-state index contributed by atoms with van der Waals surface area (Å²) in [6, 6.07) is 12.3. The highest BCUT2D eigenvalue weighted by Gasteiger charge is 2.33. The van der Waals surface area contributed by atoms with Crippen molar-refractivity contribution in [2.75, 3.05) is 53.2 Å². The van der Waals surface area contributed by atoms with Crippen molar-refractivity contribution in [2.45, 2.75) is 108 Å². The van der Waals surface area contributed by atoms with Crippen LogP contribution < -0.4 is 31.1 Å². The summed E-state index contributed by atoms with van der Waals surface area (Å²) >= 11 is 0. The predicted octanol–water partition coefficient (Wildman–Crippen LogP) is 5.38. The molecule has 0 radical (unpaired) electrons. The Balaban J connectivity index is 0.754. The summed E-state index contributed by atoms with van der Waals surface area (Å²) in [5.41, 5.74) is 2.60. The van der Waals surface area contributed by atoms with Crippen LogP contribution in [0.2, 0.25) is 0 Å². The fourth-order valence-corrected chi connectivity index (χ4v) is 9.34. The molecule has 1 unspecified atom stereocenters. The third-order valence-corrected chi connectivity index (χ3v) is 12.7. The van der Waals surface area contributed by atoms with Crippen LogP contribution in [0.15, 0.2) is 48.7 Å². The molecule has 5 aliphatic rings. The van der Waals surface area contributed by atoms with E-state index in [0.717, 1.165) is 83.0 Å². The zero-order chi connectivity index (χ0) is 40.2. The van der Waals surface area contributed by atoms with Crippen molar-refractivity contribution in [3.05, 3.63) is 60.3 Å². The molecular weight excluding hydrogens is 745 g/mol. The van der Waals surface area contributed by atoms with Gasteiger partial charge in [0.1, 0.15) is 17.6 Å². The summed E-state index contributed by atoms with van der Waals surface area (Å²) in [4.78, 5) is 64.5. The number of rotatable bonds is 10. The quantitative estimate of drug-likeness (QED) is 0.197. The molecule has 2 aliphatic carbocycles. The van der Waals surface area contributed by atoms with Gasteiger partial charge in [0.05, 0.1) is 11.9 Å². The molecule has 58 heavy (non-hydrogen) atoms. The first-order valence-electron chi connectivity index (χ1n) is 21.1. The summed E-state index contributed by atoms with van der Waals surface area (Å²) in [6.45, 7) is 3.73. The van der Waals surface area contributed by atoms with Crippen LogP contribution in [0.3, 0.4) is 0 Å². The van der Waals surface area contributed by atoms with Crippen LogP contribution >= 0.6 is 0 Å². The Hall–Kier alpha value is -5.18. The van der Waals surface area contributed by atoms with Gasteiger partial charge >= 0.3 is 0 Å². The average Bonchev–Trinajstić information content (AvgIpc) is 3.24. The first kappa shape index (κ1) is 39.6. The third-order valence-electron chi connectivity index (χ3n) is 12.7. The van der Waals surface area contributed by atoms with Gasteiger partial charge in [0, 0.05) is 86.5 Å². The molecular formula is C43H53F2N9O4. The molecule has 5 fully saturated rings. The van der Waals surface area contributed by atoms with Gasteiger partial charge < -0.3 is 25.8 Å². The number of hydrogen-bond acceptors (Lipinski definition) is 10. The molecule has 308 valence electrons. The summed E-state index contributed by atoms with van der Waals surface area (Å²) in [6.07, 6.45) is 11.2. The molecule has 1 atom stereocenters. The molecule has 15 heteroatoms. The van der Waals surface area contributed by atoms with Crippen molar-refractivity contribution in [1.29, 1.82) is 0 Å². The number of nitrogens with zero attached hydrogens (tertiary/aromatic N) is 5. The van der Waals surface area contributed by atoms with Crippen molar-refractivity contribution < 1.29 is 28.0 Å². The zero-order valence-corrected chi connectivity index (χ0v) is 32.9. The standard InChI is InChI=1S/C43H53F2N9O4/c44-34-25-31(47-36-16-18-38(55)50-42(36)58)13-17-37(34)53-22-20-52(21-23-53)32-14-7-27(8-15-32)41(57)48-29-9-11-30(12-10-29)49-43-46-26-35(45)40(51-43)28-4-3-5-33(24-28)54-19-2-1-6-39(54)56/h3-5,13,17,24-27,29-30,32,36,47H,1-2,6-12,14-16,18-23H2,(H,48,57)(H,46,49,51)(H,50,55,58). The van der Waals surface area contributed by atoms with Crippen LogP contribution in [-0.2, 0) is 19.2 Å². The second kappa shape index (κ2) is 17.8. The Bertz CT molecular complexity index is 1990. The van der Waals surface area contributed by atoms with E-state index in [1.807, 2.05) is 18.2 Å². The molecule has 3 aromatic rings. The van der Waals surface area contributed by atoms with Crippen LogP contribution in [0.5, 0.6) is 0 Å². The highest BCUT2D eigenvalue weighted by Crippen LogP contribution is 2.32. The number of nitrogens with one attached hydrogen (secondary N) is 4. The number of benzene rings is 2. The highest BCUT2D eigenvalue weighted by atomic mass is 19.1. The number of halogens is 2. The lowest BCUT2D eigenvalue weighted by molar-refractivity contribution is -0.133. The van der Waals surface area contributed by atoms with Gasteiger partial charge in [0.2, 0.25) is 29.6 Å². The van der Waals surface area contributed by atoms with E-state index in [9.17, 15) is 23.6 Å². The topological polar surface area (TPSA) is 152 Å². The lowest BCUT2D eigenvalue weighted by atomic mass is 9.83.